The molecule has 3 nitrogen and oxygen atoms in total. The average Bonchev–Trinajstić information content (AvgIpc) is 2.76. The normalized spacial score (nSPS) is 14.9. The maximum atomic E-state index is 13.2. The second-order valence-corrected chi connectivity index (χ2v) is 5.04. The Morgan fingerprint density at radius 1 is 1.27 bits per heavy atom. The predicted molar refractivity (Wildman–Crippen MR) is 81.7 cm³/mol. The van der Waals surface area contributed by atoms with Crippen LogP contribution in [0.3, 0.4) is 0 Å². The molecule has 112 valence electrons. The summed E-state index contributed by atoms with van der Waals surface area (Å²) in [6.07, 6.45) is 1.55. The van der Waals surface area contributed by atoms with E-state index in [1.807, 2.05) is 19.9 Å². The van der Waals surface area contributed by atoms with Crippen molar-refractivity contribution in [2.75, 3.05) is 6.61 Å². The van der Waals surface area contributed by atoms with Crippen LogP contribution in [-0.2, 0) is 0 Å². The summed E-state index contributed by atoms with van der Waals surface area (Å²) in [6.45, 7) is 4.27. The summed E-state index contributed by atoms with van der Waals surface area (Å²) < 4.78 is 24.3. The maximum absolute atomic E-state index is 13.2. The van der Waals surface area contributed by atoms with Crippen LogP contribution in [0.1, 0.15) is 28.4 Å². The Balaban J connectivity index is 1.98. The number of fused-ring (bicyclic) bond motifs is 1. The van der Waals surface area contributed by atoms with Crippen LogP contribution in [0.4, 0.5) is 4.39 Å². The first-order valence-corrected chi connectivity index (χ1v) is 7.05. The van der Waals surface area contributed by atoms with Crippen molar-refractivity contribution in [2.45, 2.75) is 13.8 Å². The number of benzene rings is 2. The van der Waals surface area contributed by atoms with Crippen LogP contribution < -0.4 is 9.47 Å². The van der Waals surface area contributed by atoms with Crippen molar-refractivity contribution in [1.82, 2.24) is 0 Å². The van der Waals surface area contributed by atoms with Crippen molar-refractivity contribution in [1.29, 1.82) is 0 Å². The Kier molecular flexibility index (Phi) is 3.67. The van der Waals surface area contributed by atoms with E-state index in [4.69, 9.17) is 9.47 Å². The highest BCUT2D eigenvalue weighted by Gasteiger charge is 2.29. The SMILES string of the molecule is CCOc1cc(C)c2c(c1)O/C(=C\c1cccc(F)c1)C2=O. The van der Waals surface area contributed by atoms with Crippen LogP contribution in [-0.4, -0.2) is 12.4 Å². The van der Waals surface area contributed by atoms with Gasteiger partial charge in [-0.25, -0.2) is 4.39 Å². The number of halogens is 1. The number of ether oxygens (including phenoxy) is 2. The molecule has 0 atom stereocenters. The summed E-state index contributed by atoms with van der Waals surface area (Å²) in [7, 11) is 0. The zero-order valence-electron chi connectivity index (χ0n) is 12.4. The van der Waals surface area contributed by atoms with Crippen molar-refractivity contribution in [3.63, 3.8) is 0 Å². The number of hydrogen-bond acceptors (Lipinski definition) is 3. The van der Waals surface area contributed by atoms with Crippen molar-refractivity contribution in [3.05, 3.63) is 64.7 Å². The van der Waals surface area contributed by atoms with Gasteiger partial charge in [0, 0.05) is 6.07 Å². The molecule has 0 saturated carbocycles. The van der Waals surface area contributed by atoms with E-state index in [2.05, 4.69) is 0 Å². The zero-order valence-corrected chi connectivity index (χ0v) is 12.4. The van der Waals surface area contributed by atoms with Gasteiger partial charge in [0.2, 0.25) is 5.78 Å². The Labute approximate surface area is 128 Å². The molecule has 2 aromatic carbocycles. The molecular formula is C18H15FO3. The summed E-state index contributed by atoms with van der Waals surface area (Å²) in [4.78, 5) is 12.4. The van der Waals surface area contributed by atoms with Gasteiger partial charge in [0.1, 0.15) is 17.3 Å². The Hall–Kier alpha value is -2.62. The molecule has 3 rings (SSSR count). The number of rotatable bonds is 3. The Bertz CT molecular complexity index is 778. The molecule has 1 aliphatic rings. The fourth-order valence-electron chi connectivity index (χ4n) is 2.48. The first-order chi connectivity index (χ1) is 10.6. The summed E-state index contributed by atoms with van der Waals surface area (Å²) in [5.41, 5.74) is 1.92. The lowest BCUT2D eigenvalue weighted by Gasteiger charge is -2.06. The van der Waals surface area contributed by atoms with Crippen LogP contribution in [0.25, 0.3) is 6.08 Å². The first-order valence-electron chi connectivity index (χ1n) is 7.05. The molecule has 0 N–H and O–H groups in total. The van der Waals surface area contributed by atoms with E-state index < -0.39 is 0 Å². The van der Waals surface area contributed by atoms with Gasteiger partial charge in [-0.15, -0.1) is 0 Å². The number of allylic oxidation sites excluding steroid dienone is 1. The Morgan fingerprint density at radius 3 is 2.82 bits per heavy atom. The maximum Gasteiger partial charge on any atom is 0.232 e. The molecule has 0 bridgehead atoms. The van der Waals surface area contributed by atoms with Gasteiger partial charge >= 0.3 is 0 Å². The zero-order chi connectivity index (χ0) is 15.7. The Morgan fingerprint density at radius 2 is 2.09 bits per heavy atom. The van der Waals surface area contributed by atoms with Crippen molar-refractivity contribution in [2.24, 2.45) is 0 Å². The van der Waals surface area contributed by atoms with Gasteiger partial charge in [-0.2, -0.15) is 0 Å². The van der Waals surface area contributed by atoms with Gasteiger partial charge in [0.25, 0.3) is 0 Å². The largest absolute Gasteiger partial charge is 0.494 e. The number of carbonyl (C=O) groups excluding carboxylic acids is 1. The molecule has 4 heteroatoms. The van der Waals surface area contributed by atoms with Gasteiger partial charge in [-0.3, -0.25) is 4.79 Å². The third kappa shape index (κ3) is 2.60. The summed E-state index contributed by atoms with van der Waals surface area (Å²) >= 11 is 0. The molecule has 0 amide bonds. The van der Waals surface area contributed by atoms with Crippen LogP contribution in [0, 0.1) is 12.7 Å². The van der Waals surface area contributed by atoms with Gasteiger partial charge in [0.05, 0.1) is 12.2 Å². The monoisotopic (exact) mass is 298 g/mol. The minimum Gasteiger partial charge on any atom is -0.494 e. The molecule has 1 aliphatic heterocycles. The van der Waals surface area contributed by atoms with Crippen LogP contribution in [0.5, 0.6) is 11.5 Å². The minimum atomic E-state index is -0.355. The van der Waals surface area contributed by atoms with E-state index in [1.54, 1.807) is 24.3 Å². The van der Waals surface area contributed by atoms with Gasteiger partial charge < -0.3 is 9.47 Å². The van der Waals surface area contributed by atoms with E-state index in [-0.39, 0.29) is 17.4 Å². The van der Waals surface area contributed by atoms with Gasteiger partial charge in [-0.1, -0.05) is 12.1 Å². The molecule has 1 heterocycles. The molecule has 0 unspecified atom stereocenters. The third-order valence-electron chi connectivity index (χ3n) is 3.40. The number of Topliss-reactive ketones (excluding diaryl/α,β-unsaturated/α-hetero) is 1. The molecule has 0 fully saturated rings. The highest BCUT2D eigenvalue weighted by Crippen LogP contribution is 2.37. The second kappa shape index (κ2) is 5.64. The lowest BCUT2D eigenvalue weighted by molar-refractivity contribution is 0.101. The van der Waals surface area contributed by atoms with Crippen LogP contribution in [0.2, 0.25) is 0 Å². The van der Waals surface area contributed by atoms with Gasteiger partial charge in [0.15, 0.2) is 5.76 Å². The summed E-state index contributed by atoms with van der Waals surface area (Å²) in [6, 6.07) is 9.53. The van der Waals surface area contributed by atoms with Crippen LogP contribution in [0.15, 0.2) is 42.2 Å². The van der Waals surface area contributed by atoms with Crippen molar-refractivity contribution >= 4 is 11.9 Å². The molecule has 0 radical (unpaired) electrons. The van der Waals surface area contributed by atoms with E-state index in [1.165, 1.54) is 12.1 Å². The summed E-state index contributed by atoms with van der Waals surface area (Å²) in [5, 5.41) is 0. The standard InChI is InChI=1S/C18H15FO3/c1-3-21-14-7-11(2)17-15(10-14)22-16(18(17)20)9-12-5-4-6-13(19)8-12/h4-10H,3H2,1-2H3/b16-9-. The molecule has 0 spiro atoms. The van der Waals surface area contributed by atoms with E-state index in [9.17, 15) is 9.18 Å². The molecule has 22 heavy (non-hydrogen) atoms. The van der Waals surface area contributed by atoms with Crippen molar-refractivity contribution in [3.8, 4) is 11.5 Å². The smallest absolute Gasteiger partial charge is 0.232 e. The molecule has 0 aromatic heterocycles. The lowest BCUT2D eigenvalue weighted by atomic mass is 10.0. The first kappa shape index (κ1) is 14.3. The molecular weight excluding hydrogens is 283 g/mol. The fourth-order valence-corrected chi connectivity index (χ4v) is 2.48. The number of aryl methyl sites for hydroxylation is 1. The topological polar surface area (TPSA) is 35.5 Å². The number of carbonyl (C=O) groups is 1. The average molecular weight is 298 g/mol. The second-order valence-electron chi connectivity index (χ2n) is 5.04. The quantitative estimate of drug-likeness (QED) is 0.799. The number of ketones is 1. The van der Waals surface area contributed by atoms with Gasteiger partial charge in [-0.05, 0) is 49.2 Å². The van der Waals surface area contributed by atoms with E-state index in [0.717, 1.165) is 5.56 Å². The highest BCUT2D eigenvalue weighted by atomic mass is 19.1. The summed E-state index contributed by atoms with van der Waals surface area (Å²) in [5.74, 6) is 0.791. The minimum absolute atomic E-state index is 0.192. The van der Waals surface area contributed by atoms with E-state index in [0.29, 0.717) is 29.2 Å². The van der Waals surface area contributed by atoms with Crippen molar-refractivity contribution < 1.29 is 18.7 Å². The molecule has 2 aromatic rings. The third-order valence-corrected chi connectivity index (χ3v) is 3.40. The fraction of sp³-hybridized carbons (Fsp3) is 0.167. The van der Waals surface area contributed by atoms with Crippen LogP contribution >= 0.6 is 0 Å². The lowest BCUT2D eigenvalue weighted by Crippen LogP contribution is -2.00. The molecule has 0 aliphatic carbocycles. The number of hydrogen-bond donors (Lipinski definition) is 0. The predicted octanol–water partition coefficient (Wildman–Crippen LogP) is 4.15. The van der Waals surface area contributed by atoms with E-state index >= 15 is 0 Å². The highest BCUT2D eigenvalue weighted by molar-refractivity contribution is 6.15. The molecule has 0 saturated heterocycles.